The van der Waals surface area contributed by atoms with Gasteiger partial charge in [0.1, 0.15) is 0 Å². The van der Waals surface area contributed by atoms with Gasteiger partial charge in [-0.25, -0.2) is 0 Å². The van der Waals surface area contributed by atoms with Crippen LogP contribution in [0.5, 0.6) is 0 Å². The SMILES string of the molecule is CC1NC(C2CCCC2)N(CCN2CCOCC2)C1=O. The molecule has 0 aromatic heterocycles. The molecule has 3 fully saturated rings. The third-order valence-corrected chi connectivity index (χ3v) is 5.02. The van der Waals surface area contributed by atoms with E-state index in [1.807, 2.05) is 6.92 Å². The third kappa shape index (κ3) is 3.00. The summed E-state index contributed by atoms with van der Waals surface area (Å²) in [4.78, 5) is 16.9. The summed E-state index contributed by atoms with van der Waals surface area (Å²) in [5, 5.41) is 3.52. The van der Waals surface area contributed by atoms with Crippen LogP contribution >= 0.6 is 0 Å². The number of nitrogens with zero attached hydrogens (tertiary/aromatic N) is 2. The zero-order chi connectivity index (χ0) is 13.9. The summed E-state index contributed by atoms with van der Waals surface area (Å²) in [5.74, 6) is 0.948. The monoisotopic (exact) mass is 281 g/mol. The smallest absolute Gasteiger partial charge is 0.240 e. The van der Waals surface area contributed by atoms with Crippen LogP contribution in [0.15, 0.2) is 0 Å². The average molecular weight is 281 g/mol. The van der Waals surface area contributed by atoms with Crippen molar-refractivity contribution in [3.8, 4) is 0 Å². The van der Waals surface area contributed by atoms with E-state index >= 15 is 0 Å². The summed E-state index contributed by atoms with van der Waals surface area (Å²) in [7, 11) is 0. The number of carbonyl (C=O) groups excluding carboxylic acids is 1. The van der Waals surface area contributed by atoms with Crippen LogP contribution in [-0.2, 0) is 9.53 Å². The van der Waals surface area contributed by atoms with Crippen molar-refractivity contribution in [3.05, 3.63) is 0 Å². The van der Waals surface area contributed by atoms with Crippen molar-refractivity contribution in [1.29, 1.82) is 0 Å². The Kier molecular flexibility index (Phi) is 4.58. The molecular formula is C15H27N3O2. The number of ether oxygens (including phenoxy) is 1. The van der Waals surface area contributed by atoms with Crippen LogP contribution in [0.25, 0.3) is 0 Å². The van der Waals surface area contributed by atoms with E-state index in [9.17, 15) is 4.79 Å². The summed E-state index contributed by atoms with van der Waals surface area (Å²) in [5.41, 5.74) is 0. The maximum Gasteiger partial charge on any atom is 0.240 e. The Balaban J connectivity index is 1.57. The fraction of sp³-hybridized carbons (Fsp3) is 0.933. The number of carbonyl (C=O) groups is 1. The van der Waals surface area contributed by atoms with Gasteiger partial charge in [-0.3, -0.25) is 15.0 Å². The van der Waals surface area contributed by atoms with Crippen LogP contribution < -0.4 is 5.32 Å². The molecule has 5 heteroatoms. The molecule has 2 saturated heterocycles. The van der Waals surface area contributed by atoms with Gasteiger partial charge in [-0.2, -0.15) is 0 Å². The van der Waals surface area contributed by atoms with Crippen LogP contribution in [0.2, 0.25) is 0 Å². The first kappa shape index (κ1) is 14.3. The summed E-state index contributed by atoms with van der Waals surface area (Å²) in [6.07, 6.45) is 5.46. The van der Waals surface area contributed by atoms with Gasteiger partial charge < -0.3 is 9.64 Å². The van der Waals surface area contributed by atoms with E-state index in [-0.39, 0.29) is 18.1 Å². The molecule has 1 N–H and O–H groups in total. The summed E-state index contributed by atoms with van der Waals surface area (Å²) in [6, 6.07) is -0.00899. The van der Waals surface area contributed by atoms with Crippen molar-refractivity contribution in [2.24, 2.45) is 5.92 Å². The normalized spacial score (nSPS) is 33.2. The molecule has 3 rings (SSSR count). The predicted molar refractivity (Wildman–Crippen MR) is 77.3 cm³/mol. The maximum absolute atomic E-state index is 12.4. The Hall–Kier alpha value is -0.650. The van der Waals surface area contributed by atoms with Crippen LogP contribution in [0.4, 0.5) is 0 Å². The Labute approximate surface area is 121 Å². The van der Waals surface area contributed by atoms with E-state index in [0.717, 1.165) is 39.4 Å². The molecule has 3 aliphatic rings. The van der Waals surface area contributed by atoms with Gasteiger partial charge in [0.2, 0.25) is 5.91 Å². The molecule has 2 aliphatic heterocycles. The van der Waals surface area contributed by atoms with E-state index in [4.69, 9.17) is 4.74 Å². The second-order valence-electron chi connectivity index (χ2n) is 6.36. The minimum atomic E-state index is -0.00899. The Bertz CT molecular complexity index is 338. The van der Waals surface area contributed by atoms with Crippen molar-refractivity contribution in [1.82, 2.24) is 15.1 Å². The van der Waals surface area contributed by atoms with Gasteiger partial charge in [0.15, 0.2) is 0 Å². The number of hydrogen-bond donors (Lipinski definition) is 1. The molecule has 0 radical (unpaired) electrons. The summed E-state index contributed by atoms with van der Waals surface area (Å²) in [6.45, 7) is 7.49. The van der Waals surface area contributed by atoms with Gasteiger partial charge in [-0.1, -0.05) is 12.8 Å². The second kappa shape index (κ2) is 6.41. The lowest BCUT2D eigenvalue weighted by Crippen LogP contribution is -2.47. The fourth-order valence-electron chi connectivity index (χ4n) is 3.79. The highest BCUT2D eigenvalue weighted by atomic mass is 16.5. The number of nitrogens with one attached hydrogen (secondary N) is 1. The van der Waals surface area contributed by atoms with Crippen LogP contribution in [0.1, 0.15) is 32.6 Å². The number of hydrogen-bond acceptors (Lipinski definition) is 4. The van der Waals surface area contributed by atoms with Crippen LogP contribution in [0.3, 0.4) is 0 Å². The lowest BCUT2D eigenvalue weighted by Gasteiger charge is -2.32. The quantitative estimate of drug-likeness (QED) is 0.822. The number of amides is 1. The second-order valence-corrected chi connectivity index (χ2v) is 6.36. The molecule has 0 spiro atoms. The minimum absolute atomic E-state index is 0.00899. The van der Waals surface area contributed by atoms with Gasteiger partial charge >= 0.3 is 0 Å². The maximum atomic E-state index is 12.4. The topological polar surface area (TPSA) is 44.8 Å². The first-order chi connectivity index (χ1) is 9.75. The largest absolute Gasteiger partial charge is 0.379 e. The van der Waals surface area contributed by atoms with Gasteiger partial charge in [0.25, 0.3) is 0 Å². The highest BCUT2D eigenvalue weighted by Crippen LogP contribution is 2.31. The van der Waals surface area contributed by atoms with Crippen molar-refractivity contribution in [2.75, 3.05) is 39.4 Å². The standard InChI is InChI=1S/C15H27N3O2/c1-12-15(19)18(7-6-17-8-10-20-11-9-17)14(16-12)13-4-2-3-5-13/h12-14,16H,2-11H2,1H3. The Morgan fingerprint density at radius 2 is 1.90 bits per heavy atom. The Morgan fingerprint density at radius 1 is 1.20 bits per heavy atom. The highest BCUT2D eigenvalue weighted by molar-refractivity contribution is 5.84. The molecule has 20 heavy (non-hydrogen) atoms. The zero-order valence-electron chi connectivity index (χ0n) is 12.5. The minimum Gasteiger partial charge on any atom is -0.379 e. The van der Waals surface area contributed by atoms with Gasteiger partial charge in [-0.15, -0.1) is 0 Å². The lowest BCUT2D eigenvalue weighted by molar-refractivity contribution is -0.130. The number of morpholine rings is 1. The first-order valence-corrected chi connectivity index (χ1v) is 8.12. The van der Waals surface area contributed by atoms with Crippen molar-refractivity contribution >= 4 is 5.91 Å². The molecule has 2 atom stereocenters. The van der Waals surface area contributed by atoms with Crippen molar-refractivity contribution in [2.45, 2.75) is 44.8 Å². The number of rotatable bonds is 4. The molecule has 1 saturated carbocycles. The summed E-state index contributed by atoms with van der Waals surface area (Å²) < 4.78 is 5.38. The van der Waals surface area contributed by atoms with Crippen LogP contribution in [0, 0.1) is 5.92 Å². The van der Waals surface area contributed by atoms with E-state index in [1.54, 1.807) is 0 Å². The van der Waals surface area contributed by atoms with E-state index < -0.39 is 0 Å². The molecule has 0 bridgehead atoms. The molecule has 114 valence electrons. The van der Waals surface area contributed by atoms with Crippen molar-refractivity contribution < 1.29 is 9.53 Å². The average Bonchev–Trinajstić information content (AvgIpc) is 3.08. The molecule has 0 aromatic rings. The van der Waals surface area contributed by atoms with Gasteiger partial charge in [0, 0.05) is 26.2 Å². The Morgan fingerprint density at radius 3 is 2.60 bits per heavy atom. The lowest BCUT2D eigenvalue weighted by atomic mass is 10.0. The zero-order valence-corrected chi connectivity index (χ0v) is 12.5. The predicted octanol–water partition coefficient (Wildman–Crippen LogP) is 0.655. The summed E-state index contributed by atoms with van der Waals surface area (Å²) >= 11 is 0. The molecule has 1 amide bonds. The van der Waals surface area contributed by atoms with Gasteiger partial charge in [-0.05, 0) is 25.7 Å². The highest BCUT2D eigenvalue weighted by Gasteiger charge is 2.41. The first-order valence-electron chi connectivity index (χ1n) is 8.12. The van der Waals surface area contributed by atoms with Gasteiger partial charge in [0.05, 0.1) is 25.4 Å². The van der Waals surface area contributed by atoms with E-state index in [0.29, 0.717) is 5.92 Å². The molecule has 0 aromatic carbocycles. The molecule has 5 nitrogen and oxygen atoms in total. The molecular weight excluding hydrogens is 254 g/mol. The third-order valence-electron chi connectivity index (χ3n) is 5.02. The molecule has 1 aliphatic carbocycles. The fourth-order valence-corrected chi connectivity index (χ4v) is 3.79. The van der Waals surface area contributed by atoms with Crippen LogP contribution in [-0.4, -0.2) is 67.3 Å². The molecule has 2 heterocycles. The van der Waals surface area contributed by atoms with E-state index in [2.05, 4.69) is 15.1 Å². The molecule has 2 unspecified atom stereocenters. The van der Waals surface area contributed by atoms with E-state index in [1.165, 1.54) is 25.7 Å². The van der Waals surface area contributed by atoms with Crippen molar-refractivity contribution in [3.63, 3.8) is 0 Å².